The Hall–Kier alpha value is -1.02. The van der Waals surface area contributed by atoms with Gasteiger partial charge in [-0.2, -0.15) is 0 Å². The number of carbonyl (C=O) groups excluding carboxylic acids is 2. The fourth-order valence-electron chi connectivity index (χ4n) is 4.86. The van der Waals surface area contributed by atoms with Gasteiger partial charge in [-0.05, 0) is 19.1 Å². The van der Waals surface area contributed by atoms with Crippen LogP contribution < -0.4 is 9.64 Å². The number of hydrogen-bond acceptors (Lipinski definition) is 5. The first-order valence-corrected chi connectivity index (χ1v) is 10.3. The Labute approximate surface area is 187 Å². The molecular weight excluding hydrogens is 464 g/mol. The standard InChI is InChI=1S/C19H17Cl4NO5/c1-4-29-10-8-6-5-7-9(10)24-15(25)11-12(16(24)26)18(23)14(21)13(20)17(11,22)19(18,27-2)28-3/h5-8,11-12H,4H2,1-3H3/t11-,12-,17-,18-/m0/s1. The summed E-state index contributed by atoms with van der Waals surface area (Å²) in [6, 6.07) is 6.72. The van der Waals surface area contributed by atoms with Crippen molar-refractivity contribution in [2.24, 2.45) is 11.8 Å². The highest BCUT2D eigenvalue weighted by Crippen LogP contribution is 2.75. The van der Waals surface area contributed by atoms with Gasteiger partial charge in [-0.25, -0.2) is 4.90 Å². The highest BCUT2D eigenvalue weighted by atomic mass is 35.5. The van der Waals surface area contributed by atoms with Crippen LogP contribution in [-0.2, 0) is 19.1 Å². The highest BCUT2D eigenvalue weighted by molar-refractivity contribution is 6.54. The van der Waals surface area contributed by atoms with Gasteiger partial charge >= 0.3 is 0 Å². The van der Waals surface area contributed by atoms with E-state index in [0.29, 0.717) is 18.0 Å². The lowest BCUT2D eigenvalue weighted by atomic mass is 9.84. The van der Waals surface area contributed by atoms with Gasteiger partial charge in [0.1, 0.15) is 15.5 Å². The molecule has 2 fully saturated rings. The van der Waals surface area contributed by atoms with E-state index in [0.717, 1.165) is 4.90 Å². The van der Waals surface area contributed by atoms with Gasteiger partial charge < -0.3 is 14.2 Å². The number of imide groups is 1. The van der Waals surface area contributed by atoms with E-state index in [9.17, 15) is 9.59 Å². The van der Waals surface area contributed by atoms with Crippen LogP contribution in [-0.4, -0.2) is 48.2 Å². The number of methoxy groups -OCH3 is 2. The zero-order chi connectivity index (χ0) is 21.4. The van der Waals surface area contributed by atoms with Crippen LogP contribution in [0.5, 0.6) is 5.75 Å². The third kappa shape index (κ3) is 2.13. The van der Waals surface area contributed by atoms with Gasteiger partial charge in [0.05, 0.1) is 34.2 Å². The number of anilines is 1. The molecule has 0 unspecified atom stereocenters. The van der Waals surface area contributed by atoms with Gasteiger partial charge in [0.15, 0.2) is 0 Å². The Morgan fingerprint density at radius 3 is 1.90 bits per heavy atom. The normalized spacial score (nSPS) is 34.9. The number of nitrogens with zero attached hydrogens (tertiary/aromatic N) is 1. The number of amides is 2. The van der Waals surface area contributed by atoms with E-state index < -0.39 is 39.2 Å². The molecule has 4 atom stereocenters. The van der Waals surface area contributed by atoms with Crippen molar-refractivity contribution in [1.29, 1.82) is 0 Å². The molecule has 29 heavy (non-hydrogen) atoms. The van der Waals surface area contributed by atoms with Crippen LogP contribution in [0.1, 0.15) is 6.92 Å². The topological polar surface area (TPSA) is 65.1 Å². The fraction of sp³-hybridized carbons (Fsp3) is 0.474. The second-order valence-corrected chi connectivity index (χ2v) is 8.89. The second kappa shape index (κ2) is 6.74. The SMILES string of the molecule is CCOc1ccccc1N1C(=O)[C@@H]2[C@@H](C1=O)[C@]1(Cl)C(Cl)=C(Cl)[C@]2(Cl)C1(OC)OC. The van der Waals surface area contributed by atoms with Crippen molar-refractivity contribution < 1.29 is 23.8 Å². The Morgan fingerprint density at radius 2 is 1.45 bits per heavy atom. The lowest BCUT2D eigenvalue weighted by molar-refractivity contribution is -0.221. The lowest BCUT2D eigenvalue weighted by Crippen LogP contribution is -2.60. The molecule has 0 spiro atoms. The molecule has 2 aliphatic carbocycles. The van der Waals surface area contributed by atoms with Gasteiger partial charge in [0.2, 0.25) is 17.6 Å². The fourth-order valence-corrected chi connectivity index (χ4v) is 7.02. The van der Waals surface area contributed by atoms with E-state index >= 15 is 0 Å². The summed E-state index contributed by atoms with van der Waals surface area (Å²) < 4.78 is 16.7. The Morgan fingerprint density at radius 1 is 0.966 bits per heavy atom. The van der Waals surface area contributed by atoms with Crippen molar-refractivity contribution in [3.8, 4) is 5.75 Å². The predicted octanol–water partition coefficient (Wildman–Crippen LogP) is 3.85. The minimum atomic E-state index is -1.80. The van der Waals surface area contributed by atoms with E-state index in [1.54, 1.807) is 31.2 Å². The number of para-hydroxylation sites is 2. The zero-order valence-electron chi connectivity index (χ0n) is 15.7. The summed E-state index contributed by atoms with van der Waals surface area (Å²) in [6.07, 6.45) is 0. The van der Waals surface area contributed by atoms with Gasteiger partial charge in [-0.3, -0.25) is 9.59 Å². The predicted molar refractivity (Wildman–Crippen MR) is 110 cm³/mol. The number of ether oxygens (including phenoxy) is 3. The minimum absolute atomic E-state index is 0.0677. The largest absolute Gasteiger partial charge is 0.492 e. The average Bonchev–Trinajstić information content (AvgIpc) is 3.13. The van der Waals surface area contributed by atoms with Crippen molar-refractivity contribution in [3.05, 3.63) is 34.3 Å². The number of benzene rings is 1. The van der Waals surface area contributed by atoms with Gasteiger partial charge in [0, 0.05) is 14.2 Å². The quantitative estimate of drug-likeness (QED) is 0.364. The molecule has 0 aromatic heterocycles. The summed E-state index contributed by atoms with van der Waals surface area (Å²) in [4.78, 5) is 24.6. The summed E-state index contributed by atoms with van der Waals surface area (Å²) >= 11 is 26.8. The van der Waals surface area contributed by atoms with E-state index in [1.165, 1.54) is 14.2 Å². The zero-order valence-corrected chi connectivity index (χ0v) is 18.7. The molecule has 1 saturated heterocycles. The van der Waals surface area contributed by atoms with Crippen LogP contribution in [0.4, 0.5) is 5.69 Å². The molecule has 0 N–H and O–H groups in total. The number of hydrogen-bond donors (Lipinski definition) is 0. The summed E-state index contributed by atoms with van der Waals surface area (Å²) in [6.45, 7) is 2.16. The monoisotopic (exact) mass is 479 g/mol. The molecule has 2 amide bonds. The average molecular weight is 481 g/mol. The molecule has 10 heteroatoms. The number of halogens is 4. The minimum Gasteiger partial charge on any atom is -0.492 e. The molecule has 1 aromatic rings. The van der Waals surface area contributed by atoms with Gasteiger partial charge in [0.25, 0.3) is 0 Å². The van der Waals surface area contributed by atoms with Crippen LogP contribution in [0.25, 0.3) is 0 Å². The highest BCUT2D eigenvalue weighted by Gasteiger charge is 2.89. The molecule has 6 nitrogen and oxygen atoms in total. The van der Waals surface area contributed by atoms with Crippen LogP contribution in [0.2, 0.25) is 0 Å². The van der Waals surface area contributed by atoms with E-state index in [4.69, 9.17) is 60.6 Å². The van der Waals surface area contributed by atoms with E-state index in [2.05, 4.69) is 0 Å². The van der Waals surface area contributed by atoms with Crippen LogP contribution >= 0.6 is 46.4 Å². The first-order valence-electron chi connectivity index (χ1n) is 8.83. The maximum Gasteiger partial charge on any atom is 0.240 e. The number of fused-ring (bicyclic) bond motifs is 5. The Balaban J connectivity index is 1.92. The summed E-state index contributed by atoms with van der Waals surface area (Å²) in [5.41, 5.74) is 0.298. The molecular formula is C19H17Cl4NO5. The smallest absolute Gasteiger partial charge is 0.240 e. The molecule has 3 aliphatic rings. The Kier molecular flexibility index (Phi) is 4.93. The van der Waals surface area contributed by atoms with Crippen molar-refractivity contribution in [1.82, 2.24) is 0 Å². The second-order valence-electron chi connectivity index (χ2n) is 6.94. The van der Waals surface area contributed by atoms with Crippen molar-refractivity contribution >= 4 is 63.9 Å². The Bertz CT molecular complexity index is 902. The molecule has 0 radical (unpaired) electrons. The third-order valence-electron chi connectivity index (χ3n) is 5.93. The van der Waals surface area contributed by atoms with Crippen LogP contribution in [0.15, 0.2) is 34.3 Å². The number of alkyl halides is 2. The summed E-state index contributed by atoms with van der Waals surface area (Å²) in [5.74, 6) is -4.86. The molecule has 1 heterocycles. The summed E-state index contributed by atoms with van der Waals surface area (Å²) in [7, 11) is 2.63. The van der Waals surface area contributed by atoms with Crippen molar-refractivity contribution in [2.75, 3.05) is 25.7 Å². The molecule has 2 bridgehead atoms. The van der Waals surface area contributed by atoms with E-state index in [1.807, 2.05) is 0 Å². The number of rotatable bonds is 5. The summed E-state index contributed by atoms with van der Waals surface area (Å²) in [5, 5.41) is -0.135. The van der Waals surface area contributed by atoms with Crippen LogP contribution in [0.3, 0.4) is 0 Å². The lowest BCUT2D eigenvalue weighted by Gasteiger charge is -2.42. The molecule has 4 rings (SSSR count). The molecule has 1 saturated carbocycles. The first-order chi connectivity index (χ1) is 13.7. The maximum atomic E-state index is 13.5. The maximum absolute atomic E-state index is 13.5. The number of carbonyl (C=O) groups is 2. The van der Waals surface area contributed by atoms with Crippen molar-refractivity contribution in [2.45, 2.75) is 22.5 Å². The van der Waals surface area contributed by atoms with Crippen LogP contribution in [0, 0.1) is 11.8 Å². The first kappa shape index (κ1) is 21.2. The molecule has 1 aromatic carbocycles. The van der Waals surface area contributed by atoms with Gasteiger partial charge in [-0.1, -0.05) is 35.3 Å². The molecule has 1 aliphatic heterocycles. The third-order valence-corrected chi connectivity index (χ3v) is 8.54. The van der Waals surface area contributed by atoms with Crippen molar-refractivity contribution in [3.63, 3.8) is 0 Å². The van der Waals surface area contributed by atoms with E-state index in [-0.39, 0.29) is 10.1 Å². The van der Waals surface area contributed by atoms with Gasteiger partial charge in [-0.15, -0.1) is 23.2 Å². The molecule has 156 valence electrons.